The van der Waals surface area contributed by atoms with Crippen molar-refractivity contribution in [2.75, 3.05) is 13.1 Å². The van der Waals surface area contributed by atoms with Crippen LogP contribution in [-0.2, 0) is 25.6 Å². The third kappa shape index (κ3) is 6.01. The molecule has 1 aromatic heterocycles. The zero-order valence-corrected chi connectivity index (χ0v) is 15.7. The van der Waals surface area contributed by atoms with Crippen LogP contribution in [-0.4, -0.2) is 24.0 Å². The quantitative estimate of drug-likeness (QED) is 0.560. The van der Waals surface area contributed by atoms with Gasteiger partial charge in [0.15, 0.2) is 11.7 Å². The maximum Gasteiger partial charge on any atom is 0.434 e. The molecule has 2 N–H and O–H groups in total. The van der Waals surface area contributed by atoms with Crippen molar-refractivity contribution in [1.82, 2.24) is 15.6 Å². The summed E-state index contributed by atoms with van der Waals surface area (Å²) in [5.41, 5.74) is 1.60. The summed E-state index contributed by atoms with van der Waals surface area (Å²) < 4.78 is 37.7. The first-order chi connectivity index (χ1) is 12.4. The molecule has 26 heavy (non-hydrogen) atoms. The van der Waals surface area contributed by atoms with Crippen LogP contribution in [0.5, 0.6) is 0 Å². The van der Waals surface area contributed by atoms with Crippen LogP contribution >= 0.6 is 11.3 Å². The fourth-order valence-electron chi connectivity index (χ4n) is 2.41. The number of guanidine groups is 1. The lowest BCUT2D eigenvalue weighted by Crippen LogP contribution is -2.38. The Hall–Kier alpha value is -2.09. The minimum absolute atomic E-state index is 0.413. The van der Waals surface area contributed by atoms with E-state index in [9.17, 15) is 13.2 Å². The van der Waals surface area contributed by atoms with Gasteiger partial charge in [-0.1, -0.05) is 31.2 Å². The Morgan fingerprint density at radius 3 is 2.50 bits per heavy atom. The number of aliphatic imine (C=N–C) groups is 1. The molecule has 2 aromatic rings. The van der Waals surface area contributed by atoms with Crippen molar-refractivity contribution in [2.24, 2.45) is 4.99 Å². The van der Waals surface area contributed by atoms with Gasteiger partial charge in [-0.25, -0.2) is 9.98 Å². The van der Waals surface area contributed by atoms with Crippen molar-refractivity contribution in [2.45, 2.75) is 39.4 Å². The summed E-state index contributed by atoms with van der Waals surface area (Å²) in [6.45, 7) is 5.79. The van der Waals surface area contributed by atoms with E-state index in [2.05, 4.69) is 39.7 Å². The average Bonchev–Trinajstić information content (AvgIpc) is 3.09. The molecular formula is C18H23F3N4S. The molecule has 1 aromatic carbocycles. The summed E-state index contributed by atoms with van der Waals surface area (Å²) in [5, 5.41) is 7.80. The van der Waals surface area contributed by atoms with Crippen LogP contribution in [0, 0.1) is 0 Å². The molecule has 8 heteroatoms. The van der Waals surface area contributed by atoms with Gasteiger partial charge in [-0.05, 0) is 24.5 Å². The molecule has 0 fully saturated rings. The summed E-state index contributed by atoms with van der Waals surface area (Å²) in [4.78, 5) is 8.20. The van der Waals surface area contributed by atoms with E-state index in [0.717, 1.165) is 23.1 Å². The Bertz CT molecular complexity index is 725. The molecule has 0 aliphatic heterocycles. The van der Waals surface area contributed by atoms with Crippen molar-refractivity contribution in [3.63, 3.8) is 0 Å². The smallest absolute Gasteiger partial charge is 0.357 e. The predicted molar refractivity (Wildman–Crippen MR) is 99.5 cm³/mol. The number of aromatic nitrogens is 1. The van der Waals surface area contributed by atoms with Gasteiger partial charge < -0.3 is 10.6 Å². The second-order valence-corrected chi connectivity index (χ2v) is 6.56. The maximum atomic E-state index is 12.6. The number of rotatable bonds is 7. The molecule has 0 amide bonds. The topological polar surface area (TPSA) is 49.3 Å². The van der Waals surface area contributed by atoms with Crippen molar-refractivity contribution in [3.05, 3.63) is 51.5 Å². The van der Waals surface area contributed by atoms with Crippen molar-refractivity contribution in [3.8, 4) is 0 Å². The summed E-state index contributed by atoms with van der Waals surface area (Å²) in [6.07, 6.45) is -3.02. The minimum atomic E-state index is -4.38. The highest BCUT2D eigenvalue weighted by molar-refractivity contribution is 7.09. The van der Waals surface area contributed by atoms with Gasteiger partial charge in [0.2, 0.25) is 0 Å². The molecule has 0 unspecified atom stereocenters. The van der Waals surface area contributed by atoms with Crippen LogP contribution in [0.2, 0.25) is 0 Å². The Morgan fingerprint density at radius 2 is 1.88 bits per heavy atom. The van der Waals surface area contributed by atoms with E-state index in [1.165, 1.54) is 11.1 Å². The molecule has 0 radical (unpaired) electrons. The molecule has 0 atom stereocenters. The van der Waals surface area contributed by atoms with Crippen molar-refractivity contribution >= 4 is 17.3 Å². The molecule has 0 saturated carbocycles. The fourth-order valence-corrected chi connectivity index (χ4v) is 3.21. The summed E-state index contributed by atoms with van der Waals surface area (Å²) >= 11 is 1.03. The van der Waals surface area contributed by atoms with E-state index in [1.807, 2.05) is 19.1 Å². The van der Waals surface area contributed by atoms with Gasteiger partial charge in [0, 0.05) is 24.9 Å². The molecule has 0 aliphatic rings. The highest BCUT2D eigenvalue weighted by Crippen LogP contribution is 2.29. The van der Waals surface area contributed by atoms with Gasteiger partial charge in [-0.3, -0.25) is 0 Å². The van der Waals surface area contributed by atoms with E-state index in [0.29, 0.717) is 37.0 Å². The van der Waals surface area contributed by atoms with Crippen LogP contribution in [0.25, 0.3) is 0 Å². The first-order valence-electron chi connectivity index (χ1n) is 8.54. The molecule has 1 heterocycles. The van der Waals surface area contributed by atoms with Crippen molar-refractivity contribution < 1.29 is 13.2 Å². The second-order valence-electron chi connectivity index (χ2n) is 5.62. The van der Waals surface area contributed by atoms with Gasteiger partial charge in [0.25, 0.3) is 0 Å². The number of thiazole rings is 1. The monoisotopic (exact) mass is 384 g/mol. The maximum absolute atomic E-state index is 12.6. The number of nitrogens with zero attached hydrogens (tertiary/aromatic N) is 2. The standard InChI is InChI=1S/C18H23F3N4S/c1-3-13-7-5-6-8-14(13)11-24-17(22-4-2)23-10-9-16-25-15(12-26-16)18(19,20)21/h5-8,12H,3-4,9-11H2,1-2H3,(H2,22,23,24). The lowest BCUT2D eigenvalue weighted by Gasteiger charge is -2.11. The van der Waals surface area contributed by atoms with Gasteiger partial charge >= 0.3 is 6.18 Å². The van der Waals surface area contributed by atoms with Gasteiger partial charge in [-0.15, -0.1) is 11.3 Å². The Balaban J connectivity index is 1.92. The van der Waals surface area contributed by atoms with Gasteiger partial charge in [0.1, 0.15) is 0 Å². The zero-order chi connectivity index (χ0) is 19.0. The number of hydrogen-bond donors (Lipinski definition) is 2. The number of hydrogen-bond acceptors (Lipinski definition) is 3. The van der Waals surface area contributed by atoms with Crippen LogP contribution in [0.3, 0.4) is 0 Å². The Kier molecular flexibility index (Phi) is 7.44. The second kappa shape index (κ2) is 9.56. The molecule has 142 valence electrons. The van der Waals surface area contributed by atoms with Crippen LogP contribution in [0.15, 0.2) is 34.6 Å². The molecule has 0 saturated heterocycles. The van der Waals surface area contributed by atoms with Crippen molar-refractivity contribution in [1.29, 1.82) is 0 Å². The van der Waals surface area contributed by atoms with E-state index in [-0.39, 0.29) is 0 Å². The van der Waals surface area contributed by atoms with Gasteiger partial charge in [-0.2, -0.15) is 13.2 Å². The van der Waals surface area contributed by atoms with E-state index < -0.39 is 11.9 Å². The third-order valence-corrected chi connectivity index (χ3v) is 4.63. The summed E-state index contributed by atoms with van der Waals surface area (Å²) in [5.74, 6) is 0.644. The number of alkyl halides is 3. The molecule has 0 aliphatic carbocycles. The lowest BCUT2D eigenvalue weighted by atomic mass is 10.1. The van der Waals surface area contributed by atoms with Crippen LogP contribution < -0.4 is 10.6 Å². The molecule has 0 spiro atoms. The first-order valence-corrected chi connectivity index (χ1v) is 9.42. The highest BCUT2D eigenvalue weighted by atomic mass is 32.1. The van der Waals surface area contributed by atoms with E-state index in [4.69, 9.17) is 0 Å². The summed E-state index contributed by atoms with van der Waals surface area (Å²) in [7, 11) is 0. The normalized spacial score (nSPS) is 12.3. The largest absolute Gasteiger partial charge is 0.434 e. The first kappa shape index (κ1) is 20.2. The number of halogens is 3. The number of aryl methyl sites for hydroxylation is 1. The number of benzene rings is 1. The SMILES string of the molecule is CCNC(=NCc1ccccc1CC)NCCc1nc(C(F)(F)F)cs1. The Labute approximate surface area is 155 Å². The minimum Gasteiger partial charge on any atom is -0.357 e. The zero-order valence-electron chi connectivity index (χ0n) is 14.9. The molecular weight excluding hydrogens is 361 g/mol. The molecule has 0 bridgehead atoms. The third-order valence-electron chi connectivity index (χ3n) is 3.72. The molecule has 2 rings (SSSR count). The number of nitrogens with one attached hydrogen (secondary N) is 2. The van der Waals surface area contributed by atoms with E-state index in [1.54, 1.807) is 0 Å². The Morgan fingerprint density at radius 1 is 1.15 bits per heavy atom. The predicted octanol–water partition coefficient (Wildman–Crippen LogP) is 4.02. The average molecular weight is 384 g/mol. The lowest BCUT2D eigenvalue weighted by molar-refractivity contribution is -0.140. The fraction of sp³-hybridized carbons (Fsp3) is 0.444. The highest BCUT2D eigenvalue weighted by Gasteiger charge is 2.33. The summed E-state index contributed by atoms with van der Waals surface area (Å²) in [6, 6.07) is 8.15. The van der Waals surface area contributed by atoms with Crippen LogP contribution in [0.1, 0.15) is 35.7 Å². The van der Waals surface area contributed by atoms with E-state index >= 15 is 0 Å². The van der Waals surface area contributed by atoms with Crippen LogP contribution in [0.4, 0.5) is 13.2 Å². The van der Waals surface area contributed by atoms with Gasteiger partial charge in [0.05, 0.1) is 11.6 Å². The molecule has 4 nitrogen and oxygen atoms in total.